The molecule has 198 valence electrons. The molecule has 1 fully saturated rings. The Kier molecular flexibility index (Phi) is 8.51. The highest BCUT2D eigenvalue weighted by molar-refractivity contribution is 6.05. The molecule has 2 aromatic carbocycles. The van der Waals surface area contributed by atoms with Crippen LogP contribution in [0.1, 0.15) is 69.7 Å². The van der Waals surface area contributed by atoms with E-state index in [9.17, 15) is 14.4 Å². The number of aromatic nitrogens is 2. The summed E-state index contributed by atoms with van der Waals surface area (Å²) in [5.41, 5.74) is 3.15. The van der Waals surface area contributed by atoms with Gasteiger partial charge in [-0.05, 0) is 39.3 Å². The monoisotopic (exact) mass is 514 g/mol. The van der Waals surface area contributed by atoms with Crippen LogP contribution in [-0.4, -0.2) is 69.8 Å². The van der Waals surface area contributed by atoms with Crippen molar-refractivity contribution in [3.05, 3.63) is 82.7 Å². The number of benzene rings is 2. The van der Waals surface area contributed by atoms with Crippen molar-refractivity contribution in [3.8, 4) is 11.4 Å². The minimum atomic E-state index is -0.597. The predicted octanol–water partition coefficient (Wildman–Crippen LogP) is 4.57. The maximum atomic E-state index is 13.9. The van der Waals surface area contributed by atoms with Crippen LogP contribution in [0, 0.1) is 6.92 Å². The molecule has 2 heterocycles. The number of rotatable bonds is 7. The first kappa shape index (κ1) is 27.0. The zero-order chi connectivity index (χ0) is 27.2. The summed E-state index contributed by atoms with van der Waals surface area (Å²) in [6.45, 7) is 8.84. The summed E-state index contributed by atoms with van der Waals surface area (Å²) in [5, 5.41) is 0. The smallest absolute Gasteiger partial charge is 0.342 e. The van der Waals surface area contributed by atoms with Crippen molar-refractivity contribution < 1.29 is 19.1 Å². The van der Waals surface area contributed by atoms with Gasteiger partial charge in [0.05, 0.1) is 12.3 Å². The van der Waals surface area contributed by atoms with Crippen molar-refractivity contribution in [2.75, 3.05) is 26.2 Å². The lowest BCUT2D eigenvalue weighted by Gasteiger charge is -2.40. The molecule has 38 heavy (non-hydrogen) atoms. The summed E-state index contributed by atoms with van der Waals surface area (Å²) < 4.78 is 5.32. The number of carbonyl (C=O) groups is 3. The Morgan fingerprint density at radius 2 is 1.66 bits per heavy atom. The first-order valence-corrected chi connectivity index (χ1v) is 13.1. The van der Waals surface area contributed by atoms with E-state index in [4.69, 9.17) is 4.74 Å². The summed E-state index contributed by atoms with van der Waals surface area (Å²) in [7, 11) is 0. The maximum Gasteiger partial charge on any atom is 0.342 e. The molecule has 0 spiro atoms. The number of aryl methyl sites for hydroxylation is 2. The Hall–Kier alpha value is -4.07. The Morgan fingerprint density at radius 3 is 2.29 bits per heavy atom. The molecule has 3 aromatic rings. The van der Waals surface area contributed by atoms with Gasteiger partial charge in [-0.3, -0.25) is 9.59 Å². The quantitative estimate of drug-likeness (QED) is 0.429. The van der Waals surface area contributed by atoms with Gasteiger partial charge in [-0.25, -0.2) is 14.8 Å². The highest BCUT2D eigenvalue weighted by atomic mass is 16.5. The summed E-state index contributed by atoms with van der Waals surface area (Å²) in [4.78, 5) is 52.9. The standard InChI is InChI=1S/C30H34N4O4/c1-5-10-24-25(30(37)38-6-2)26(32-27(31-24)22-11-8-7-9-12-22)29(36)33-17-18-34(21(4)19-33)28(35)23-15-13-20(3)14-16-23/h7-9,11-16,21H,5-6,10,17-19H2,1-4H3. The number of hydrogen-bond donors (Lipinski definition) is 0. The molecule has 0 radical (unpaired) electrons. The summed E-state index contributed by atoms with van der Waals surface area (Å²) in [5.74, 6) is -0.624. The van der Waals surface area contributed by atoms with Crippen LogP contribution < -0.4 is 0 Å². The molecular formula is C30H34N4O4. The minimum Gasteiger partial charge on any atom is -0.462 e. The second-order valence-electron chi connectivity index (χ2n) is 9.52. The topological polar surface area (TPSA) is 92.7 Å². The second kappa shape index (κ2) is 12.0. The predicted molar refractivity (Wildman–Crippen MR) is 145 cm³/mol. The summed E-state index contributed by atoms with van der Waals surface area (Å²) in [6, 6.07) is 16.7. The van der Waals surface area contributed by atoms with Crippen LogP contribution >= 0.6 is 0 Å². The Labute approximate surface area is 223 Å². The molecule has 0 N–H and O–H groups in total. The van der Waals surface area contributed by atoms with E-state index >= 15 is 0 Å². The Bertz CT molecular complexity index is 1310. The van der Waals surface area contributed by atoms with E-state index in [0.29, 0.717) is 43.1 Å². The van der Waals surface area contributed by atoms with Gasteiger partial charge in [0.15, 0.2) is 5.82 Å². The van der Waals surface area contributed by atoms with Crippen molar-refractivity contribution in [3.63, 3.8) is 0 Å². The molecule has 4 rings (SSSR count). The highest BCUT2D eigenvalue weighted by Gasteiger charge is 2.34. The van der Waals surface area contributed by atoms with Gasteiger partial charge in [0.1, 0.15) is 11.3 Å². The number of esters is 1. The molecule has 1 aliphatic rings. The Morgan fingerprint density at radius 1 is 0.947 bits per heavy atom. The first-order chi connectivity index (χ1) is 18.3. The van der Waals surface area contributed by atoms with Gasteiger partial charge >= 0.3 is 5.97 Å². The SMILES string of the molecule is CCCc1nc(-c2ccccc2)nc(C(=O)N2CCN(C(=O)c3ccc(C)cc3)C(C)C2)c1C(=O)OCC. The number of hydrogen-bond acceptors (Lipinski definition) is 6. The fraction of sp³-hybridized carbons (Fsp3) is 0.367. The first-order valence-electron chi connectivity index (χ1n) is 13.1. The molecule has 0 saturated carbocycles. The lowest BCUT2D eigenvalue weighted by molar-refractivity contribution is 0.0406. The van der Waals surface area contributed by atoms with E-state index in [1.165, 1.54) is 0 Å². The minimum absolute atomic E-state index is 0.0475. The molecule has 0 aliphatic carbocycles. The van der Waals surface area contributed by atoms with Gasteiger partial charge in [-0.2, -0.15) is 0 Å². The molecule has 1 aromatic heterocycles. The molecule has 2 amide bonds. The van der Waals surface area contributed by atoms with Crippen LogP contribution in [0.25, 0.3) is 11.4 Å². The van der Waals surface area contributed by atoms with Crippen molar-refractivity contribution in [1.82, 2.24) is 19.8 Å². The third kappa shape index (κ3) is 5.74. The molecular weight excluding hydrogens is 480 g/mol. The fourth-order valence-corrected chi connectivity index (χ4v) is 4.67. The average molecular weight is 515 g/mol. The largest absolute Gasteiger partial charge is 0.462 e. The van der Waals surface area contributed by atoms with E-state index in [1.807, 2.05) is 75.4 Å². The van der Waals surface area contributed by atoms with Gasteiger partial charge in [-0.15, -0.1) is 0 Å². The third-order valence-electron chi connectivity index (χ3n) is 6.66. The average Bonchev–Trinajstić information content (AvgIpc) is 2.93. The number of piperazine rings is 1. The molecule has 1 atom stereocenters. The van der Waals surface area contributed by atoms with Crippen LogP contribution in [0.15, 0.2) is 54.6 Å². The zero-order valence-corrected chi connectivity index (χ0v) is 22.4. The molecule has 8 heteroatoms. The lowest BCUT2D eigenvalue weighted by atomic mass is 10.0. The van der Waals surface area contributed by atoms with Crippen molar-refractivity contribution in [2.45, 2.75) is 46.6 Å². The summed E-state index contributed by atoms with van der Waals surface area (Å²) in [6.07, 6.45) is 1.24. The molecule has 1 saturated heterocycles. The van der Waals surface area contributed by atoms with Gasteiger partial charge in [0.2, 0.25) is 0 Å². The van der Waals surface area contributed by atoms with Gasteiger partial charge in [0.25, 0.3) is 11.8 Å². The van der Waals surface area contributed by atoms with Gasteiger partial charge in [0, 0.05) is 36.8 Å². The number of amides is 2. The fourth-order valence-electron chi connectivity index (χ4n) is 4.67. The van der Waals surface area contributed by atoms with Gasteiger partial charge < -0.3 is 14.5 Å². The maximum absolute atomic E-state index is 13.9. The second-order valence-corrected chi connectivity index (χ2v) is 9.52. The number of ether oxygens (including phenoxy) is 1. The number of carbonyl (C=O) groups excluding carboxylic acids is 3. The third-order valence-corrected chi connectivity index (χ3v) is 6.66. The number of nitrogens with zero attached hydrogens (tertiary/aromatic N) is 4. The summed E-state index contributed by atoms with van der Waals surface area (Å²) >= 11 is 0. The van der Waals surface area contributed by atoms with Crippen molar-refractivity contribution >= 4 is 17.8 Å². The van der Waals surface area contributed by atoms with Crippen molar-refractivity contribution in [2.24, 2.45) is 0 Å². The van der Waals surface area contributed by atoms with E-state index in [0.717, 1.165) is 17.5 Å². The normalized spacial score (nSPS) is 15.3. The Balaban J connectivity index is 1.66. The zero-order valence-electron chi connectivity index (χ0n) is 22.4. The van der Waals surface area contributed by atoms with E-state index in [1.54, 1.807) is 16.7 Å². The van der Waals surface area contributed by atoms with E-state index in [-0.39, 0.29) is 35.7 Å². The van der Waals surface area contributed by atoms with Crippen molar-refractivity contribution in [1.29, 1.82) is 0 Å². The van der Waals surface area contributed by atoms with E-state index in [2.05, 4.69) is 9.97 Å². The highest BCUT2D eigenvalue weighted by Crippen LogP contribution is 2.24. The lowest BCUT2D eigenvalue weighted by Crippen LogP contribution is -2.55. The molecule has 1 aliphatic heterocycles. The van der Waals surface area contributed by atoms with Gasteiger partial charge in [-0.1, -0.05) is 61.4 Å². The van der Waals surface area contributed by atoms with Crippen LogP contribution in [0.5, 0.6) is 0 Å². The molecule has 8 nitrogen and oxygen atoms in total. The van der Waals surface area contributed by atoms with Crippen LogP contribution in [0.2, 0.25) is 0 Å². The molecule has 1 unspecified atom stereocenters. The van der Waals surface area contributed by atoms with E-state index < -0.39 is 5.97 Å². The molecule has 0 bridgehead atoms. The van der Waals surface area contributed by atoms with Crippen LogP contribution in [0.4, 0.5) is 0 Å². The van der Waals surface area contributed by atoms with Crippen LogP contribution in [-0.2, 0) is 11.2 Å². The van der Waals surface area contributed by atoms with Crippen LogP contribution in [0.3, 0.4) is 0 Å².